The van der Waals surface area contributed by atoms with Crippen molar-refractivity contribution in [2.75, 3.05) is 13.2 Å². The molecular formula is C14H22O4. The van der Waals surface area contributed by atoms with E-state index in [1.165, 1.54) is 0 Å². The molecule has 0 aliphatic carbocycles. The van der Waals surface area contributed by atoms with Gasteiger partial charge in [0.2, 0.25) is 0 Å². The molecule has 0 bridgehead atoms. The molecule has 0 radical (unpaired) electrons. The Balaban J connectivity index is 3.67. The van der Waals surface area contributed by atoms with Crippen LogP contribution in [0.25, 0.3) is 0 Å². The highest BCUT2D eigenvalue weighted by Crippen LogP contribution is 2.06. The zero-order valence-electron chi connectivity index (χ0n) is 11.3. The Morgan fingerprint density at radius 1 is 1.00 bits per heavy atom. The highest BCUT2D eigenvalue weighted by atomic mass is 16.5. The van der Waals surface area contributed by atoms with Gasteiger partial charge in [-0.25, -0.2) is 9.59 Å². The summed E-state index contributed by atoms with van der Waals surface area (Å²) in [7, 11) is 0. The lowest BCUT2D eigenvalue weighted by molar-refractivity contribution is -0.139. The van der Waals surface area contributed by atoms with Gasteiger partial charge in [-0.3, -0.25) is 0 Å². The van der Waals surface area contributed by atoms with Crippen molar-refractivity contribution < 1.29 is 19.1 Å². The van der Waals surface area contributed by atoms with E-state index in [1.807, 2.05) is 6.92 Å². The van der Waals surface area contributed by atoms with Gasteiger partial charge in [0, 0.05) is 11.1 Å². The molecule has 0 spiro atoms. The Labute approximate surface area is 109 Å². The number of hydrogen-bond donors (Lipinski definition) is 0. The number of hydrogen-bond acceptors (Lipinski definition) is 4. The van der Waals surface area contributed by atoms with E-state index in [9.17, 15) is 9.59 Å². The number of carbonyl (C=O) groups is 2. The van der Waals surface area contributed by atoms with Crippen molar-refractivity contribution in [2.45, 2.75) is 39.5 Å². The van der Waals surface area contributed by atoms with Crippen LogP contribution in [0.5, 0.6) is 0 Å². The zero-order valence-corrected chi connectivity index (χ0v) is 11.3. The summed E-state index contributed by atoms with van der Waals surface area (Å²) in [6, 6.07) is 0. The van der Waals surface area contributed by atoms with Crippen molar-refractivity contribution in [3.05, 3.63) is 24.3 Å². The topological polar surface area (TPSA) is 52.6 Å². The molecule has 18 heavy (non-hydrogen) atoms. The summed E-state index contributed by atoms with van der Waals surface area (Å²) in [6.45, 7) is 11.4. The minimum absolute atomic E-state index is 0.257. The van der Waals surface area contributed by atoms with Crippen LogP contribution in [0, 0.1) is 0 Å². The Hall–Kier alpha value is -1.58. The van der Waals surface area contributed by atoms with E-state index in [4.69, 9.17) is 9.47 Å². The number of unbranched alkanes of at least 4 members (excludes halogenated alkanes) is 1. The lowest BCUT2D eigenvalue weighted by Gasteiger charge is -2.07. The van der Waals surface area contributed by atoms with Gasteiger partial charge in [-0.15, -0.1) is 0 Å². The van der Waals surface area contributed by atoms with Gasteiger partial charge in [0.25, 0.3) is 0 Å². The first-order valence-electron chi connectivity index (χ1n) is 6.16. The van der Waals surface area contributed by atoms with Crippen molar-refractivity contribution in [1.82, 2.24) is 0 Å². The SMILES string of the molecule is C=C(C)C(=O)OCCCC(=C)C(=O)OCCCC. The molecule has 0 heterocycles. The van der Waals surface area contributed by atoms with E-state index in [0.717, 1.165) is 12.8 Å². The minimum Gasteiger partial charge on any atom is -0.462 e. The standard InChI is InChI=1S/C14H22O4/c1-5-6-9-18-14(16)12(4)8-7-10-17-13(15)11(2)3/h2,4-10H2,1,3H3. The molecule has 0 N–H and O–H groups in total. The van der Waals surface area contributed by atoms with Crippen molar-refractivity contribution >= 4 is 11.9 Å². The molecule has 4 nitrogen and oxygen atoms in total. The van der Waals surface area contributed by atoms with Gasteiger partial charge in [-0.2, -0.15) is 0 Å². The molecule has 4 heteroatoms. The van der Waals surface area contributed by atoms with E-state index in [0.29, 0.717) is 30.6 Å². The lowest BCUT2D eigenvalue weighted by atomic mass is 10.2. The van der Waals surface area contributed by atoms with Crippen LogP contribution in [-0.2, 0) is 19.1 Å². The molecular weight excluding hydrogens is 232 g/mol. The fraction of sp³-hybridized carbons (Fsp3) is 0.571. The first kappa shape index (κ1) is 16.4. The summed E-state index contributed by atoms with van der Waals surface area (Å²) in [5.41, 5.74) is 0.783. The third-order valence-electron chi connectivity index (χ3n) is 2.22. The van der Waals surface area contributed by atoms with Gasteiger partial charge in [0.15, 0.2) is 0 Å². The van der Waals surface area contributed by atoms with E-state index in [2.05, 4.69) is 13.2 Å². The summed E-state index contributed by atoms with van der Waals surface area (Å²) in [6.07, 6.45) is 2.86. The average molecular weight is 254 g/mol. The third kappa shape index (κ3) is 7.65. The van der Waals surface area contributed by atoms with Gasteiger partial charge in [0.1, 0.15) is 0 Å². The first-order valence-corrected chi connectivity index (χ1v) is 6.16. The smallest absolute Gasteiger partial charge is 0.333 e. The highest BCUT2D eigenvalue weighted by Gasteiger charge is 2.08. The molecule has 102 valence electrons. The molecule has 0 fully saturated rings. The minimum atomic E-state index is -0.411. The fourth-order valence-electron chi connectivity index (χ4n) is 1.09. The second-order valence-electron chi connectivity index (χ2n) is 4.11. The van der Waals surface area contributed by atoms with Crippen LogP contribution < -0.4 is 0 Å². The van der Waals surface area contributed by atoms with Crippen LogP contribution in [0.1, 0.15) is 39.5 Å². The maximum Gasteiger partial charge on any atom is 0.333 e. The quantitative estimate of drug-likeness (QED) is 0.360. The summed E-state index contributed by atoms with van der Waals surface area (Å²) >= 11 is 0. The van der Waals surface area contributed by atoms with Gasteiger partial charge in [-0.1, -0.05) is 26.5 Å². The maximum absolute atomic E-state index is 11.4. The van der Waals surface area contributed by atoms with E-state index >= 15 is 0 Å². The largest absolute Gasteiger partial charge is 0.462 e. The monoisotopic (exact) mass is 254 g/mol. The summed E-state index contributed by atoms with van der Waals surface area (Å²) in [4.78, 5) is 22.5. The maximum atomic E-state index is 11.4. The highest BCUT2D eigenvalue weighted by molar-refractivity contribution is 5.88. The molecule has 0 atom stereocenters. The summed E-state index contributed by atoms with van der Waals surface area (Å²) in [5, 5.41) is 0. The number of carbonyl (C=O) groups excluding carboxylic acids is 2. The van der Waals surface area contributed by atoms with Gasteiger partial charge in [0.05, 0.1) is 13.2 Å². The Morgan fingerprint density at radius 2 is 1.56 bits per heavy atom. The fourth-order valence-corrected chi connectivity index (χ4v) is 1.09. The molecule has 0 saturated heterocycles. The normalized spacial score (nSPS) is 9.67. The summed E-state index contributed by atoms with van der Waals surface area (Å²) < 4.78 is 9.90. The molecule has 0 aliphatic heterocycles. The van der Waals surface area contributed by atoms with Gasteiger partial charge >= 0.3 is 11.9 Å². The predicted octanol–water partition coefficient (Wildman–Crippen LogP) is 2.79. The first-order chi connectivity index (χ1) is 8.49. The van der Waals surface area contributed by atoms with Crippen LogP contribution >= 0.6 is 0 Å². The summed E-state index contributed by atoms with van der Waals surface area (Å²) in [5.74, 6) is -0.777. The molecule has 0 aromatic rings. The average Bonchev–Trinajstić information content (AvgIpc) is 2.33. The van der Waals surface area contributed by atoms with Crippen molar-refractivity contribution in [2.24, 2.45) is 0 Å². The molecule has 0 aromatic heterocycles. The van der Waals surface area contributed by atoms with Crippen molar-refractivity contribution in [3.8, 4) is 0 Å². The molecule has 0 amide bonds. The zero-order chi connectivity index (χ0) is 14.0. The van der Waals surface area contributed by atoms with Crippen LogP contribution in [0.15, 0.2) is 24.3 Å². The molecule has 0 aromatic carbocycles. The van der Waals surface area contributed by atoms with Crippen LogP contribution in [0.4, 0.5) is 0 Å². The molecule has 0 rings (SSSR count). The number of ether oxygens (including phenoxy) is 2. The van der Waals surface area contributed by atoms with Crippen molar-refractivity contribution in [3.63, 3.8) is 0 Å². The predicted molar refractivity (Wildman–Crippen MR) is 70.0 cm³/mol. The second kappa shape index (κ2) is 9.45. The Morgan fingerprint density at radius 3 is 2.11 bits per heavy atom. The third-order valence-corrected chi connectivity index (χ3v) is 2.22. The Kier molecular flexibility index (Phi) is 8.62. The van der Waals surface area contributed by atoms with Crippen LogP contribution in [0.3, 0.4) is 0 Å². The number of rotatable bonds is 9. The Bertz CT molecular complexity index is 318. The molecule has 0 unspecified atom stereocenters. The van der Waals surface area contributed by atoms with E-state index in [1.54, 1.807) is 6.92 Å². The van der Waals surface area contributed by atoms with E-state index < -0.39 is 5.97 Å². The van der Waals surface area contributed by atoms with Gasteiger partial charge in [-0.05, 0) is 26.2 Å². The van der Waals surface area contributed by atoms with Crippen molar-refractivity contribution in [1.29, 1.82) is 0 Å². The van der Waals surface area contributed by atoms with Crippen LogP contribution in [0.2, 0.25) is 0 Å². The number of esters is 2. The van der Waals surface area contributed by atoms with Crippen LogP contribution in [-0.4, -0.2) is 25.2 Å². The second-order valence-corrected chi connectivity index (χ2v) is 4.11. The molecule has 0 saturated carbocycles. The van der Waals surface area contributed by atoms with Gasteiger partial charge < -0.3 is 9.47 Å². The van der Waals surface area contributed by atoms with E-state index in [-0.39, 0.29) is 12.6 Å². The molecule has 0 aliphatic rings. The lowest BCUT2D eigenvalue weighted by Crippen LogP contribution is -2.10.